The molecule has 0 amide bonds. The molecule has 5 heteroatoms. The number of carbonyl (C=O) groups is 2. The van der Waals surface area contributed by atoms with Gasteiger partial charge in [0.15, 0.2) is 0 Å². The molecule has 0 N–H and O–H groups in total. The second-order valence-electron chi connectivity index (χ2n) is 1.87. The number of hydrogen-bond donors (Lipinski definition) is 0. The van der Waals surface area contributed by atoms with Gasteiger partial charge in [0, 0.05) is 24.0 Å². The highest BCUT2D eigenvalue weighted by Gasteiger charge is 2.09. The van der Waals surface area contributed by atoms with Crippen LogP contribution >= 0.6 is 11.6 Å². The minimum absolute atomic E-state index is 0.187. The van der Waals surface area contributed by atoms with E-state index in [1.807, 2.05) is 0 Å². The Morgan fingerprint density at radius 3 is 2.75 bits per heavy atom. The molecule has 0 aliphatic heterocycles. The van der Waals surface area contributed by atoms with Gasteiger partial charge in [0.05, 0.1) is 5.56 Å². The molecule has 0 radical (unpaired) electrons. The molecule has 1 heterocycles. The van der Waals surface area contributed by atoms with Gasteiger partial charge in [-0.3, -0.25) is 4.98 Å². The number of pyridine rings is 1. The van der Waals surface area contributed by atoms with Crippen LogP contribution in [0.1, 0.15) is 10.4 Å². The van der Waals surface area contributed by atoms with Crippen molar-refractivity contribution in [2.45, 2.75) is 0 Å². The van der Waals surface area contributed by atoms with Gasteiger partial charge in [-0.05, 0) is 12.1 Å². The van der Waals surface area contributed by atoms with Gasteiger partial charge in [-0.25, -0.2) is 9.59 Å². The topological polar surface area (TPSA) is 56.3 Å². The first-order valence-electron chi connectivity index (χ1n) is 3.02. The lowest BCUT2D eigenvalue weighted by molar-refractivity contribution is 0.0661. The van der Waals surface area contributed by atoms with E-state index in [0.29, 0.717) is 0 Å². The third-order valence-corrected chi connectivity index (χ3v) is 1.15. The van der Waals surface area contributed by atoms with Crippen LogP contribution in [0.4, 0.5) is 4.79 Å². The van der Waals surface area contributed by atoms with Crippen LogP contribution in [0, 0.1) is 0 Å². The zero-order valence-electron chi connectivity index (χ0n) is 5.86. The van der Waals surface area contributed by atoms with Gasteiger partial charge >= 0.3 is 11.4 Å². The highest BCUT2D eigenvalue weighted by atomic mass is 35.5. The third-order valence-electron chi connectivity index (χ3n) is 1.07. The van der Waals surface area contributed by atoms with E-state index in [1.165, 1.54) is 18.5 Å². The minimum atomic E-state index is -1.15. The van der Waals surface area contributed by atoms with E-state index in [4.69, 9.17) is 11.6 Å². The highest BCUT2D eigenvalue weighted by molar-refractivity contribution is 6.62. The molecular formula is C7H4ClNO3. The Balaban J connectivity index is 2.73. The summed E-state index contributed by atoms with van der Waals surface area (Å²) < 4.78 is 4.08. The highest BCUT2D eigenvalue weighted by Crippen LogP contribution is 2.00. The lowest BCUT2D eigenvalue weighted by atomic mass is 10.3. The summed E-state index contributed by atoms with van der Waals surface area (Å²) in [4.78, 5) is 24.7. The van der Waals surface area contributed by atoms with Crippen LogP contribution in [0.25, 0.3) is 0 Å². The predicted molar refractivity (Wildman–Crippen MR) is 40.9 cm³/mol. The monoisotopic (exact) mass is 185 g/mol. The summed E-state index contributed by atoms with van der Waals surface area (Å²) in [7, 11) is 0. The molecule has 12 heavy (non-hydrogen) atoms. The molecule has 0 atom stereocenters. The fraction of sp³-hybridized carbons (Fsp3) is 0. The number of halogens is 1. The summed E-state index contributed by atoms with van der Waals surface area (Å²) in [6.45, 7) is 0. The number of carbonyl (C=O) groups excluding carboxylic acids is 2. The average Bonchev–Trinajstić information content (AvgIpc) is 2.05. The third kappa shape index (κ3) is 2.32. The van der Waals surface area contributed by atoms with E-state index in [0.717, 1.165) is 0 Å². The van der Waals surface area contributed by atoms with Crippen molar-refractivity contribution in [1.82, 2.24) is 4.98 Å². The average molecular weight is 186 g/mol. The Bertz CT molecular complexity index is 299. The summed E-state index contributed by atoms with van der Waals surface area (Å²) in [5.41, 5.74) is -0.963. The molecule has 0 bridgehead atoms. The van der Waals surface area contributed by atoms with Crippen molar-refractivity contribution in [3.63, 3.8) is 0 Å². The van der Waals surface area contributed by atoms with Gasteiger partial charge in [0.2, 0.25) is 0 Å². The van der Waals surface area contributed by atoms with Gasteiger partial charge in [-0.2, -0.15) is 0 Å². The molecule has 4 nitrogen and oxygen atoms in total. The summed E-state index contributed by atoms with van der Waals surface area (Å²) in [5.74, 6) is -0.803. The summed E-state index contributed by atoms with van der Waals surface area (Å²) in [5, 5.41) is 0. The fourth-order valence-electron chi connectivity index (χ4n) is 0.615. The number of ether oxygens (including phenoxy) is 1. The molecule has 0 aromatic carbocycles. The van der Waals surface area contributed by atoms with Gasteiger partial charge in [-0.1, -0.05) is 0 Å². The Morgan fingerprint density at radius 2 is 2.25 bits per heavy atom. The molecule has 62 valence electrons. The smallest absolute Gasteiger partial charge is 0.377 e. The van der Waals surface area contributed by atoms with Crippen LogP contribution in [-0.2, 0) is 4.74 Å². The molecule has 0 fully saturated rings. The van der Waals surface area contributed by atoms with Crippen molar-refractivity contribution >= 4 is 23.0 Å². The van der Waals surface area contributed by atoms with E-state index in [-0.39, 0.29) is 5.56 Å². The largest absolute Gasteiger partial charge is 0.411 e. The molecule has 1 aromatic rings. The Morgan fingerprint density at radius 1 is 1.50 bits per heavy atom. The number of rotatable bonds is 1. The molecule has 1 rings (SSSR count). The lowest BCUT2D eigenvalue weighted by Crippen LogP contribution is -2.06. The van der Waals surface area contributed by atoms with Crippen LogP contribution in [0.5, 0.6) is 0 Å². The van der Waals surface area contributed by atoms with Crippen molar-refractivity contribution in [1.29, 1.82) is 0 Å². The molecular weight excluding hydrogens is 182 g/mol. The quantitative estimate of drug-likeness (QED) is 0.379. The second-order valence-corrected chi connectivity index (χ2v) is 2.18. The van der Waals surface area contributed by atoms with E-state index in [9.17, 15) is 9.59 Å². The SMILES string of the molecule is O=C(Cl)OC(=O)c1cccnc1. The lowest BCUT2D eigenvalue weighted by Gasteiger charge is -1.95. The van der Waals surface area contributed by atoms with Gasteiger partial charge in [-0.15, -0.1) is 0 Å². The summed E-state index contributed by atoms with van der Waals surface area (Å²) in [6, 6.07) is 3.02. The fourth-order valence-corrected chi connectivity index (χ4v) is 0.685. The zero-order chi connectivity index (χ0) is 8.97. The molecule has 0 unspecified atom stereocenters. The van der Waals surface area contributed by atoms with Gasteiger partial charge in [0.1, 0.15) is 0 Å². The maximum Gasteiger partial charge on any atom is 0.411 e. The summed E-state index contributed by atoms with van der Waals surface area (Å²) >= 11 is 4.82. The molecule has 0 aliphatic rings. The van der Waals surface area contributed by atoms with Crippen molar-refractivity contribution in [3.05, 3.63) is 30.1 Å². The van der Waals surface area contributed by atoms with E-state index in [1.54, 1.807) is 6.07 Å². The number of hydrogen-bond acceptors (Lipinski definition) is 4. The molecule has 0 spiro atoms. The van der Waals surface area contributed by atoms with Crippen LogP contribution in [0.2, 0.25) is 0 Å². The number of nitrogens with zero attached hydrogens (tertiary/aromatic N) is 1. The number of esters is 1. The first-order valence-corrected chi connectivity index (χ1v) is 3.39. The minimum Gasteiger partial charge on any atom is -0.377 e. The van der Waals surface area contributed by atoms with Crippen LogP contribution in [0.15, 0.2) is 24.5 Å². The first kappa shape index (κ1) is 8.67. The van der Waals surface area contributed by atoms with Gasteiger partial charge < -0.3 is 4.74 Å². The second kappa shape index (κ2) is 3.82. The van der Waals surface area contributed by atoms with Crippen molar-refractivity contribution in [2.24, 2.45) is 0 Å². The summed E-state index contributed by atoms with van der Waals surface area (Å²) in [6.07, 6.45) is 2.78. The maximum atomic E-state index is 10.9. The van der Waals surface area contributed by atoms with Crippen LogP contribution < -0.4 is 0 Å². The van der Waals surface area contributed by atoms with Crippen LogP contribution in [0.3, 0.4) is 0 Å². The van der Waals surface area contributed by atoms with Crippen LogP contribution in [-0.4, -0.2) is 16.4 Å². The van der Waals surface area contributed by atoms with Crippen molar-refractivity contribution in [3.8, 4) is 0 Å². The Hall–Kier alpha value is -1.42. The van der Waals surface area contributed by atoms with Crippen molar-refractivity contribution in [2.75, 3.05) is 0 Å². The normalized spacial score (nSPS) is 9.08. The standard InChI is InChI=1S/C7H4ClNO3/c8-7(11)12-6(10)5-2-1-3-9-4-5/h1-4H. The van der Waals surface area contributed by atoms with Gasteiger partial charge in [0.25, 0.3) is 0 Å². The molecule has 0 saturated heterocycles. The van der Waals surface area contributed by atoms with E-state index < -0.39 is 11.4 Å². The van der Waals surface area contributed by atoms with Crippen molar-refractivity contribution < 1.29 is 14.3 Å². The maximum absolute atomic E-state index is 10.9. The Kier molecular flexibility index (Phi) is 2.76. The Labute approximate surface area is 73.1 Å². The first-order chi connectivity index (χ1) is 5.70. The number of aromatic nitrogens is 1. The van der Waals surface area contributed by atoms with E-state index in [2.05, 4.69) is 9.72 Å². The van der Waals surface area contributed by atoms with E-state index >= 15 is 0 Å². The molecule has 0 saturated carbocycles. The molecule has 1 aromatic heterocycles. The zero-order valence-corrected chi connectivity index (χ0v) is 6.62. The predicted octanol–water partition coefficient (Wildman–Crippen LogP) is 1.60. The molecule has 0 aliphatic carbocycles.